The Balaban J connectivity index is 2.14. The van der Waals surface area contributed by atoms with E-state index in [-0.39, 0.29) is 17.6 Å². The molecule has 1 aromatic carbocycles. The molecule has 2 aromatic rings. The lowest BCUT2D eigenvalue weighted by Crippen LogP contribution is -2.19. The van der Waals surface area contributed by atoms with Gasteiger partial charge in [0.15, 0.2) is 0 Å². The zero-order chi connectivity index (χ0) is 13.8. The van der Waals surface area contributed by atoms with E-state index < -0.39 is 0 Å². The Kier molecular flexibility index (Phi) is 3.94. The van der Waals surface area contributed by atoms with E-state index in [4.69, 9.17) is 4.74 Å². The SMILES string of the molecule is CC(=O)OC(C)CCc1nc2ccccc2[nH]c1=O. The molecule has 5 nitrogen and oxygen atoms in total. The summed E-state index contributed by atoms with van der Waals surface area (Å²) in [6.07, 6.45) is 0.841. The van der Waals surface area contributed by atoms with Gasteiger partial charge in [-0.1, -0.05) is 12.1 Å². The molecular formula is C14H16N2O3. The maximum atomic E-state index is 11.8. The number of nitrogens with one attached hydrogen (secondary N) is 1. The van der Waals surface area contributed by atoms with Crippen molar-refractivity contribution in [3.63, 3.8) is 0 Å². The van der Waals surface area contributed by atoms with Crippen molar-refractivity contribution in [2.24, 2.45) is 0 Å². The largest absolute Gasteiger partial charge is 0.463 e. The normalized spacial score (nSPS) is 12.3. The van der Waals surface area contributed by atoms with Crippen LogP contribution >= 0.6 is 0 Å². The van der Waals surface area contributed by atoms with Crippen molar-refractivity contribution < 1.29 is 9.53 Å². The van der Waals surface area contributed by atoms with Gasteiger partial charge in [-0.2, -0.15) is 0 Å². The van der Waals surface area contributed by atoms with E-state index in [0.717, 1.165) is 11.0 Å². The van der Waals surface area contributed by atoms with Crippen LogP contribution in [0.3, 0.4) is 0 Å². The minimum absolute atomic E-state index is 0.186. The Morgan fingerprint density at radius 2 is 2.16 bits per heavy atom. The number of nitrogens with zero attached hydrogens (tertiary/aromatic N) is 1. The van der Waals surface area contributed by atoms with Gasteiger partial charge in [-0.3, -0.25) is 9.59 Å². The second-order valence-electron chi connectivity index (χ2n) is 4.49. The number of fused-ring (bicyclic) bond motifs is 1. The molecule has 0 aliphatic heterocycles. The summed E-state index contributed by atoms with van der Waals surface area (Å²) in [4.78, 5) is 29.8. The van der Waals surface area contributed by atoms with Crippen molar-refractivity contribution in [1.29, 1.82) is 0 Å². The van der Waals surface area contributed by atoms with Crippen LogP contribution in [0.2, 0.25) is 0 Å². The third-order valence-electron chi connectivity index (χ3n) is 2.82. The van der Waals surface area contributed by atoms with Crippen LogP contribution in [0, 0.1) is 0 Å². The Bertz CT molecular complexity index is 648. The van der Waals surface area contributed by atoms with Gasteiger partial charge in [0, 0.05) is 6.92 Å². The van der Waals surface area contributed by atoms with Crippen LogP contribution in [0.25, 0.3) is 11.0 Å². The number of aromatic amines is 1. The van der Waals surface area contributed by atoms with Gasteiger partial charge in [0.1, 0.15) is 5.69 Å². The van der Waals surface area contributed by atoms with Crippen LogP contribution in [-0.4, -0.2) is 22.0 Å². The molecule has 1 heterocycles. The maximum absolute atomic E-state index is 11.8. The van der Waals surface area contributed by atoms with Crippen molar-refractivity contribution in [2.45, 2.75) is 32.8 Å². The van der Waals surface area contributed by atoms with Gasteiger partial charge >= 0.3 is 5.97 Å². The minimum Gasteiger partial charge on any atom is -0.463 e. The molecule has 1 atom stereocenters. The summed E-state index contributed by atoms with van der Waals surface area (Å²) < 4.78 is 5.02. The highest BCUT2D eigenvalue weighted by Gasteiger charge is 2.09. The zero-order valence-electron chi connectivity index (χ0n) is 11.0. The molecule has 0 amide bonds. The molecule has 5 heteroatoms. The molecule has 2 rings (SSSR count). The molecule has 0 radical (unpaired) electrons. The average Bonchev–Trinajstić information content (AvgIpc) is 2.35. The molecule has 0 spiro atoms. The fourth-order valence-electron chi connectivity index (χ4n) is 1.92. The van der Waals surface area contributed by atoms with Gasteiger partial charge in [0.25, 0.3) is 5.56 Å². The van der Waals surface area contributed by atoms with Crippen molar-refractivity contribution in [1.82, 2.24) is 9.97 Å². The standard InChI is InChI=1S/C14H16N2O3/c1-9(19-10(2)17)7-8-13-14(18)16-12-6-4-3-5-11(12)15-13/h3-6,9H,7-8H2,1-2H3,(H,16,18). The number of carbonyl (C=O) groups is 1. The highest BCUT2D eigenvalue weighted by atomic mass is 16.5. The van der Waals surface area contributed by atoms with E-state index in [0.29, 0.717) is 18.5 Å². The maximum Gasteiger partial charge on any atom is 0.302 e. The number of hydrogen-bond acceptors (Lipinski definition) is 4. The van der Waals surface area contributed by atoms with Crippen molar-refractivity contribution in [2.75, 3.05) is 0 Å². The zero-order valence-corrected chi connectivity index (χ0v) is 11.0. The number of aromatic nitrogens is 2. The molecule has 0 aliphatic rings. The molecule has 0 saturated carbocycles. The van der Waals surface area contributed by atoms with E-state index >= 15 is 0 Å². The quantitative estimate of drug-likeness (QED) is 0.851. The summed E-state index contributed by atoms with van der Waals surface area (Å²) in [6, 6.07) is 7.39. The fraction of sp³-hybridized carbons (Fsp3) is 0.357. The monoisotopic (exact) mass is 260 g/mol. The van der Waals surface area contributed by atoms with Gasteiger partial charge in [-0.05, 0) is 31.9 Å². The number of aryl methyl sites for hydroxylation is 1. The summed E-state index contributed by atoms with van der Waals surface area (Å²) in [7, 11) is 0. The number of carbonyl (C=O) groups excluding carboxylic acids is 1. The lowest BCUT2D eigenvalue weighted by atomic mass is 10.1. The third-order valence-corrected chi connectivity index (χ3v) is 2.82. The first-order valence-electron chi connectivity index (χ1n) is 6.21. The van der Waals surface area contributed by atoms with Gasteiger partial charge in [0.2, 0.25) is 0 Å². The van der Waals surface area contributed by atoms with E-state index in [2.05, 4.69) is 9.97 Å². The van der Waals surface area contributed by atoms with Gasteiger partial charge in [-0.25, -0.2) is 4.98 Å². The molecule has 1 N–H and O–H groups in total. The number of esters is 1. The fourth-order valence-corrected chi connectivity index (χ4v) is 1.92. The second kappa shape index (κ2) is 5.65. The smallest absolute Gasteiger partial charge is 0.302 e. The summed E-state index contributed by atoms with van der Waals surface area (Å²) >= 11 is 0. The Morgan fingerprint density at radius 1 is 1.42 bits per heavy atom. The third kappa shape index (κ3) is 3.40. The first-order chi connectivity index (χ1) is 9.06. The average molecular weight is 260 g/mol. The molecule has 0 fully saturated rings. The number of ether oxygens (including phenoxy) is 1. The molecular weight excluding hydrogens is 244 g/mol. The van der Waals surface area contributed by atoms with E-state index in [1.165, 1.54) is 6.92 Å². The summed E-state index contributed by atoms with van der Waals surface area (Å²) in [5, 5.41) is 0. The highest BCUT2D eigenvalue weighted by molar-refractivity contribution is 5.73. The van der Waals surface area contributed by atoms with Gasteiger partial charge in [0.05, 0.1) is 17.1 Å². The van der Waals surface area contributed by atoms with Crippen LogP contribution in [-0.2, 0) is 16.0 Å². The topological polar surface area (TPSA) is 72.0 Å². The van der Waals surface area contributed by atoms with Crippen molar-refractivity contribution in [3.05, 3.63) is 40.3 Å². The van der Waals surface area contributed by atoms with Crippen LogP contribution in [0.4, 0.5) is 0 Å². The first kappa shape index (κ1) is 13.3. The Morgan fingerprint density at radius 3 is 2.89 bits per heavy atom. The lowest BCUT2D eigenvalue weighted by molar-refractivity contribution is -0.145. The highest BCUT2D eigenvalue weighted by Crippen LogP contribution is 2.08. The molecule has 19 heavy (non-hydrogen) atoms. The summed E-state index contributed by atoms with van der Waals surface area (Å²) in [5.74, 6) is -0.312. The van der Waals surface area contributed by atoms with E-state index in [9.17, 15) is 9.59 Å². The van der Waals surface area contributed by atoms with Crippen LogP contribution < -0.4 is 5.56 Å². The number of para-hydroxylation sites is 2. The van der Waals surface area contributed by atoms with Crippen LogP contribution in [0.15, 0.2) is 29.1 Å². The molecule has 100 valence electrons. The number of benzene rings is 1. The predicted octanol–water partition coefficient (Wildman–Crippen LogP) is 1.81. The molecule has 1 aromatic heterocycles. The summed E-state index contributed by atoms with van der Waals surface area (Å²) in [6.45, 7) is 3.17. The summed E-state index contributed by atoms with van der Waals surface area (Å²) in [5.41, 5.74) is 1.77. The number of H-pyrrole nitrogens is 1. The van der Waals surface area contributed by atoms with Gasteiger partial charge in [-0.15, -0.1) is 0 Å². The number of hydrogen-bond donors (Lipinski definition) is 1. The Labute approximate surface area is 110 Å². The molecule has 0 bridgehead atoms. The molecule has 1 unspecified atom stereocenters. The minimum atomic E-state index is -0.312. The van der Waals surface area contributed by atoms with E-state index in [1.54, 1.807) is 6.92 Å². The second-order valence-corrected chi connectivity index (χ2v) is 4.49. The van der Waals surface area contributed by atoms with Crippen molar-refractivity contribution >= 4 is 17.0 Å². The predicted molar refractivity (Wildman–Crippen MR) is 71.9 cm³/mol. The van der Waals surface area contributed by atoms with Gasteiger partial charge < -0.3 is 9.72 Å². The lowest BCUT2D eigenvalue weighted by Gasteiger charge is -2.10. The number of rotatable bonds is 4. The van der Waals surface area contributed by atoms with Crippen LogP contribution in [0.1, 0.15) is 26.0 Å². The van der Waals surface area contributed by atoms with E-state index in [1.807, 2.05) is 24.3 Å². The Hall–Kier alpha value is -2.17. The molecule has 0 aliphatic carbocycles. The first-order valence-corrected chi connectivity index (χ1v) is 6.21. The van der Waals surface area contributed by atoms with Crippen molar-refractivity contribution in [3.8, 4) is 0 Å². The molecule has 0 saturated heterocycles. The van der Waals surface area contributed by atoms with Crippen LogP contribution in [0.5, 0.6) is 0 Å².